The van der Waals surface area contributed by atoms with Gasteiger partial charge in [-0.1, -0.05) is 22.7 Å². The SMILES string of the molecule is O=c1sc(S)c(S)s1.[H-].[H-].[Na+].[Na+]. The molecule has 0 N–H and O–H groups in total. The second kappa shape index (κ2) is 7.00. The Morgan fingerprint density at radius 2 is 1.40 bits per heavy atom. The molecule has 0 radical (unpaired) electrons. The normalized spacial score (nSPS) is 7.80. The molecule has 0 bridgehead atoms. The fourth-order valence-electron chi connectivity index (χ4n) is 0.266. The predicted molar refractivity (Wildman–Crippen MR) is 45.2 cm³/mol. The van der Waals surface area contributed by atoms with E-state index < -0.39 is 0 Å². The molecule has 1 nitrogen and oxygen atoms in total. The van der Waals surface area contributed by atoms with E-state index in [1.54, 1.807) is 0 Å². The molecule has 0 aromatic carbocycles. The Balaban J connectivity index is -0.0000000800. The first-order chi connectivity index (χ1) is 3.70. The first-order valence-corrected chi connectivity index (χ1v) is 4.25. The second-order valence-corrected chi connectivity index (χ2v) is 4.79. The molecule has 48 valence electrons. The fraction of sp³-hybridized carbons (Fsp3) is 0. The Morgan fingerprint density at radius 1 is 1.10 bits per heavy atom. The van der Waals surface area contributed by atoms with Gasteiger partial charge in [0.1, 0.15) is 0 Å². The summed E-state index contributed by atoms with van der Waals surface area (Å²) in [5.74, 6) is 0. The zero-order valence-electron chi connectivity index (χ0n) is 7.62. The minimum Gasteiger partial charge on any atom is -1.00 e. The molecule has 1 heterocycles. The Hall–Kier alpha value is 2.55. The van der Waals surface area contributed by atoms with Crippen LogP contribution in [0.1, 0.15) is 2.85 Å². The van der Waals surface area contributed by atoms with Gasteiger partial charge in [-0.3, -0.25) is 4.79 Å². The molecule has 0 aliphatic heterocycles. The fourth-order valence-corrected chi connectivity index (χ4v) is 2.81. The number of thiol groups is 2. The molecule has 7 heteroatoms. The molecule has 0 unspecified atom stereocenters. The summed E-state index contributed by atoms with van der Waals surface area (Å²) in [6, 6.07) is 0. The van der Waals surface area contributed by atoms with Gasteiger partial charge >= 0.3 is 59.1 Å². The van der Waals surface area contributed by atoms with Gasteiger partial charge in [-0.2, -0.15) is 0 Å². The molecule has 1 rings (SSSR count). The summed E-state index contributed by atoms with van der Waals surface area (Å²) >= 11 is 10.2. The Bertz CT molecular complexity index is 226. The molecule has 0 atom stereocenters. The first kappa shape index (κ1) is 15.0. The summed E-state index contributed by atoms with van der Waals surface area (Å²) in [5.41, 5.74) is 0. The van der Waals surface area contributed by atoms with Crippen molar-refractivity contribution in [2.24, 2.45) is 0 Å². The van der Waals surface area contributed by atoms with Crippen LogP contribution in [-0.4, -0.2) is 0 Å². The van der Waals surface area contributed by atoms with E-state index in [9.17, 15) is 4.79 Å². The van der Waals surface area contributed by atoms with Crippen LogP contribution in [0.3, 0.4) is 0 Å². The van der Waals surface area contributed by atoms with E-state index >= 15 is 0 Å². The quantitative estimate of drug-likeness (QED) is 0.343. The van der Waals surface area contributed by atoms with Crippen molar-refractivity contribution in [1.82, 2.24) is 0 Å². The monoisotopic (exact) mass is 230 g/mol. The van der Waals surface area contributed by atoms with Gasteiger partial charge < -0.3 is 2.85 Å². The van der Waals surface area contributed by atoms with Crippen molar-refractivity contribution in [1.29, 1.82) is 0 Å². The Labute approximate surface area is 125 Å². The largest absolute Gasteiger partial charge is 1.00 e. The van der Waals surface area contributed by atoms with Gasteiger partial charge in [0.15, 0.2) is 0 Å². The average Bonchev–Trinajstić information content (AvgIpc) is 1.85. The van der Waals surface area contributed by atoms with Crippen LogP contribution in [0, 0.1) is 0 Å². The molecular formula is C3H4Na2OS4. The van der Waals surface area contributed by atoms with Crippen molar-refractivity contribution in [2.75, 3.05) is 0 Å². The van der Waals surface area contributed by atoms with E-state index in [0.717, 1.165) is 22.7 Å². The van der Waals surface area contributed by atoms with Gasteiger partial charge in [0.25, 0.3) is 4.06 Å². The summed E-state index contributed by atoms with van der Waals surface area (Å²) in [4.78, 5) is 10.5. The van der Waals surface area contributed by atoms with Crippen molar-refractivity contribution in [2.45, 2.75) is 8.42 Å². The van der Waals surface area contributed by atoms with Gasteiger partial charge in [-0.25, -0.2) is 0 Å². The Morgan fingerprint density at radius 3 is 1.50 bits per heavy atom. The van der Waals surface area contributed by atoms with Gasteiger partial charge in [0, 0.05) is 0 Å². The van der Waals surface area contributed by atoms with Crippen LogP contribution in [0.5, 0.6) is 0 Å². The van der Waals surface area contributed by atoms with Gasteiger partial charge in [0.05, 0.1) is 8.42 Å². The van der Waals surface area contributed by atoms with Gasteiger partial charge in [-0.05, 0) is 0 Å². The standard InChI is InChI=1S/C3H2OS4.2Na.2H/c4-3-7-1(5)2(6)8-3;;;;/h5-6H;;;;/q;2*+1;2*-1. The molecule has 0 saturated carbocycles. The summed E-state index contributed by atoms with van der Waals surface area (Å²) < 4.78 is 1.48. The van der Waals surface area contributed by atoms with Crippen LogP contribution < -0.4 is 63.2 Å². The molecule has 0 saturated heterocycles. The summed E-state index contributed by atoms with van der Waals surface area (Å²) in [5, 5.41) is 0. The molecule has 1 aromatic rings. The van der Waals surface area contributed by atoms with E-state index in [4.69, 9.17) is 0 Å². The molecule has 10 heavy (non-hydrogen) atoms. The van der Waals surface area contributed by atoms with Crippen LogP contribution in [0.15, 0.2) is 13.2 Å². The summed E-state index contributed by atoms with van der Waals surface area (Å²) in [7, 11) is 0. The van der Waals surface area contributed by atoms with Crippen LogP contribution in [0.4, 0.5) is 0 Å². The number of hydrogen-bond donors (Lipinski definition) is 2. The smallest absolute Gasteiger partial charge is 1.00 e. The van der Waals surface area contributed by atoms with Crippen molar-refractivity contribution in [3.63, 3.8) is 0 Å². The average molecular weight is 230 g/mol. The zero-order valence-corrected chi connectivity index (χ0v) is 13.0. The van der Waals surface area contributed by atoms with Crippen LogP contribution >= 0.6 is 47.9 Å². The second-order valence-electron chi connectivity index (χ2n) is 1.06. The topological polar surface area (TPSA) is 17.1 Å². The van der Waals surface area contributed by atoms with Crippen LogP contribution in [0.2, 0.25) is 0 Å². The van der Waals surface area contributed by atoms with Gasteiger partial charge in [0.2, 0.25) is 0 Å². The third kappa shape index (κ3) is 4.54. The molecule has 0 fully saturated rings. The molecule has 1 aromatic heterocycles. The zero-order chi connectivity index (χ0) is 6.15. The maximum Gasteiger partial charge on any atom is 1.00 e. The maximum absolute atomic E-state index is 10.5. The number of rotatable bonds is 0. The molecule has 0 aliphatic rings. The predicted octanol–water partition coefficient (Wildman–Crippen LogP) is -4.02. The molecular weight excluding hydrogens is 226 g/mol. The van der Waals surface area contributed by atoms with Crippen LogP contribution in [0.25, 0.3) is 0 Å². The third-order valence-electron chi connectivity index (χ3n) is 0.543. The van der Waals surface area contributed by atoms with Crippen molar-refractivity contribution in [3.8, 4) is 0 Å². The van der Waals surface area contributed by atoms with Crippen LogP contribution in [-0.2, 0) is 0 Å². The van der Waals surface area contributed by atoms with Crippen molar-refractivity contribution in [3.05, 3.63) is 8.85 Å². The minimum atomic E-state index is 0. The van der Waals surface area contributed by atoms with E-state index in [2.05, 4.69) is 25.3 Å². The number of hydrogen-bond acceptors (Lipinski definition) is 5. The molecule has 0 amide bonds. The van der Waals surface area contributed by atoms with E-state index in [-0.39, 0.29) is 66.0 Å². The van der Waals surface area contributed by atoms with Crippen molar-refractivity contribution < 1.29 is 62.0 Å². The van der Waals surface area contributed by atoms with E-state index in [0.29, 0.717) is 8.42 Å². The first-order valence-electron chi connectivity index (χ1n) is 1.72. The molecule has 0 spiro atoms. The van der Waals surface area contributed by atoms with E-state index in [1.807, 2.05) is 0 Å². The Kier molecular flexibility index (Phi) is 10.5. The maximum atomic E-state index is 10.5. The summed E-state index contributed by atoms with van der Waals surface area (Å²) in [6.07, 6.45) is 0. The third-order valence-corrected chi connectivity index (χ3v) is 3.77. The van der Waals surface area contributed by atoms with E-state index in [1.165, 1.54) is 0 Å². The molecule has 0 aliphatic carbocycles. The minimum absolute atomic E-state index is 0. The van der Waals surface area contributed by atoms with Gasteiger partial charge in [-0.15, -0.1) is 25.3 Å². The summed E-state index contributed by atoms with van der Waals surface area (Å²) in [6.45, 7) is 0. The van der Waals surface area contributed by atoms with Crippen molar-refractivity contribution >= 4 is 47.9 Å².